The predicted molar refractivity (Wildman–Crippen MR) is 131 cm³/mol. The molecule has 5 rings (SSSR count). The number of aromatic nitrogens is 1. The normalized spacial score (nSPS) is 24.9. The lowest BCUT2D eigenvalue weighted by Gasteiger charge is -2.38. The van der Waals surface area contributed by atoms with Crippen LogP contribution in [-0.4, -0.2) is 11.6 Å². The number of halogens is 4. The Kier molecular flexibility index (Phi) is 7.54. The molecule has 0 unspecified atom stereocenters. The summed E-state index contributed by atoms with van der Waals surface area (Å²) in [5.41, 5.74) is 0.447. The molecule has 0 N–H and O–H groups in total. The fourth-order valence-corrected chi connectivity index (χ4v) is 6.58. The molecular formula is C29H33F4NO2. The third-order valence-corrected chi connectivity index (χ3v) is 8.38. The van der Waals surface area contributed by atoms with E-state index in [1.165, 1.54) is 38.5 Å². The number of para-hydroxylation sites is 2. The van der Waals surface area contributed by atoms with E-state index in [2.05, 4.69) is 16.6 Å². The lowest BCUT2D eigenvalue weighted by atomic mass is 9.68. The monoisotopic (exact) mass is 503 g/mol. The van der Waals surface area contributed by atoms with E-state index in [-0.39, 0.29) is 22.9 Å². The zero-order chi connectivity index (χ0) is 25.2. The topological polar surface area (TPSA) is 35.3 Å². The number of hydrogen-bond donors (Lipinski definition) is 0. The summed E-state index contributed by atoms with van der Waals surface area (Å²) in [6.45, 7) is -1.03. The van der Waals surface area contributed by atoms with Gasteiger partial charge < -0.3 is 9.15 Å². The Morgan fingerprint density at radius 1 is 0.972 bits per heavy atom. The Labute approximate surface area is 209 Å². The summed E-state index contributed by atoms with van der Waals surface area (Å²) in [7, 11) is 0. The Hall–Kier alpha value is -2.57. The van der Waals surface area contributed by atoms with Gasteiger partial charge in [-0.15, -0.1) is 0 Å². The molecule has 0 saturated heterocycles. The highest BCUT2D eigenvalue weighted by atomic mass is 19.3. The highest BCUT2D eigenvalue weighted by molar-refractivity contribution is 5.77. The van der Waals surface area contributed by atoms with Crippen LogP contribution in [0.1, 0.15) is 82.6 Å². The fourth-order valence-electron chi connectivity index (χ4n) is 6.58. The summed E-state index contributed by atoms with van der Waals surface area (Å²) in [5.74, 6) is -0.957. The Balaban J connectivity index is 1.37. The molecule has 0 radical (unpaired) electrons. The van der Waals surface area contributed by atoms with Gasteiger partial charge in [0.25, 0.3) is 0 Å². The first kappa shape index (κ1) is 25.1. The van der Waals surface area contributed by atoms with Crippen LogP contribution >= 0.6 is 0 Å². The van der Waals surface area contributed by atoms with Crippen molar-refractivity contribution in [3.63, 3.8) is 0 Å². The predicted octanol–water partition coefficient (Wildman–Crippen LogP) is 9.25. The molecule has 0 spiro atoms. The van der Waals surface area contributed by atoms with Crippen LogP contribution in [0.5, 0.6) is 5.75 Å². The summed E-state index contributed by atoms with van der Waals surface area (Å²) >= 11 is 0. The minimum atomic E-state index is -3.26. The summed E-state index contributed by atoms with van der Waals surface area (Å²) < 4.78 is 67.8. The van der Waals surface area contributed by atoms with Crippen molar-refractivity contribution in [2.75, 3.05) is 0 Å². The fraction of sp³-hybridized carbons (Fsp3) is 0.552. The molecule has 0 aliphatic heterocycles. The van der Waals surface area contributed by atoms with Crippen LogP contribution in [0.25, 0.3) is 22.6 Å². The molecule has 2 fully saturated rings. The SMILES string of the molecule is CCC[C@H]1CC[C@H](C2CCC(c3c(F)cc(-c4nc5ccccc5o4)c(OC(F)F)c3F)CC2)CC1. The van der Waals surface area contributed by atoms with Crippen LogP contribution in [0.2, 0.25) is 0 Å². The molecule has 0 bridgehead atoms. The minimum Gasteiger partial charge on any atom is -0.436 e. The standard InChI is InChI=1S/C29H33F4NO2/c1-2-5-17-8-10-18(11-9-17)19-12-14-20(15-13-19)25-22(30)16-21(27(26(25)31)36-29(32)33)28-34-23-6-3-4-7-24(23)35-28/h3-4,6-7,16-20,29H,2,5,8-15H2,1H3/t17-,18-,19?,20?. The van der Waals surface area contributed by atoms with Gasteiger partial charge in [-0.1, -0.05) is 44.7 Å². The third kappa shape index (κ3) is 5.12. The van der Waals surface area contributed by atoms with E-state index in [0.29, 0.717) is 35.8 Å². The van der Waals surface area contributed by atoms with Crippen LogP contribution in [0.4, 0.5) is 17.6 Å². The molecule has 1 heterocycles. The molecule has 2 aromatic carbocycles. The second kappa shape index (κ2) is 10.8. The Morgan fingerprint density at radius 3 is 2.28 bits per heavy atom. The molecule has 0 atom stereocenters. The number of fused-ring (bicyclic) bond motifs is 1. The number of rotatable bonds is 7. The second-order valence-electron chi connectivity index (χ2n) is 10.5. The van der Waals surface area contributed by atoms with Gasteiger partial charge in [-0.25, -0.2) is 13.8 Å². The van der Waals surface area contributed by atoms with E-state index in [1.807, 2.05) is 0 Å². The van der Waals surface area contributed by atoms with Crippen molar-refractivity contribution in [2.45, 2.75) is 83.7 Å². The van der Waals surface area contributed by atoms with Crippen LogP contribution in [0.3, 0.4) is 0 Å². The molecule has 7 heteroatoms. The number of alkyl halides is 2. The maximum Gasteiger partial charge on any atom is 0.387 e. The van der Waals surface area contributed by atoms with E-state index in [4.69, 9.17) is 4.42 Å². The first-order chi connectivity index (χ1) is 17.4. The van der Waals surface area contributed by atoms with Crippen molar-refractivity contribution in [3.8, 4) is 17.2 Å². The van der Waals surface area contributed by atoms with Gasteiger partial charge in [0.2, 0.25) is 5.89 Å². The van der Waals surface area contributed by atoms with Gasteiger partial charge in [-0.3, -0.25) is 0 Å². The molecule has 3 nitrogen and oxygen atoms in total. The van der Waals surface area contributed by atoms with Crippen LogP contribution < -0.4 is 4.74 Å². The molecular weight excluding hydrogens is 470 g/mol. The van der Waals surface area contributed by atoms with Crippen molar-refractivity contribution in [2.24, 2.45) is 17.8 Å². The zero-order valence-electron chi connectivity index (χ0n) is 20.6. The number of oxazole rings is 1. The van der Waals surface area contributed by atoms with Gasteiger partial charge >= 0.3 is 6.61 Å². The Bertz CT molecular complexity index is 1140. The van der Waals surface area contributed by atoms with Gasteiger partial charge in [-0.2, -0.15) is 8.78 Å². The highest BCUT2D eigenvalue weighted by Crippen LogP contribution is 2.47. The zero-order valence-corrected chi connectivity index (χ0v) is 20.6. The summed E-state index contributed by atoms with van der Waals surface area (Å²) in [4.78, 5) is 4.23. The molecule has 2 saturated carbocycles. The molecule has 1 aromatic heterocycles. The summed E-state index contributed by atoms with van der Waals surface area (Å²) in [6, 6.07) is 7.82. The van der Waals surface area contributed by atoms with Crippen molar-refractivity contribution in [1.82, 2.24) is 4.98 Å². The number of ether oxygens (including phenoxy) is 1. The van der Waals surface area contributed by atoms with Crippen molar-refractivity contribution in [1.29, 1.82) is 0 Å². The summed E-state index contributed by atoms with van der Waals surface area (Å²) in [6.07, 6.45) is 10.7. The van der Waals surface area contributed by atoms with Gasteiger partial charge in [0.1, 0.15) is 11.3 Å². The van der Waals surface area contributed by atoms with E-state index in [0.717, 1.165) is 24.8 Å². The number of benzene rings is 2. The van der Waals surface area contributed by atoms with Crippen LogP contribution in [-0.2, 0) is 0 Å². The van der Waals surface area contributed by atoms with Crippen LogP contribution in [0.15, 0.2) is 34.7 Å². The van der Waals surface area contributed by atoms with Crippen LogP contribution in [0, 0.1) is 29.4 Å². The van der Waals surface area contributed by atoms with Gasteiger partial charge in [-0.05, 0) is 80.4 Å². The minimum absolute atomic E-state index is 0.154. The van der Waals surface area contributed by atoms with Crippen molar-refractivity contribution < 1.29 is 26.7 Å². The van der Waals surface area contributed by atoms with Gasteiger partial charge in [0, 0.05) is 5.56 Å². The van der Waals surface area contributed by atoms with Crippen molar-refractivity contribution >= 4 is 11.1 Å². The van der Waals surface area contributed by atoms with E-state index in [9.17, 15) is 8.78 Å². The van der Waals surface area contributed by atoms with Gasteiger partial charge in [0.15, 0.2) is 17.1 Å². The smallest absolute Gasteiger partial charge is 0.387 e. The quantitative estimate of drug-likeness (QED) is 0.301. The average Bonchev–Trinajstić information content (AvgIpc) is 3.31. The van der Waals surface area contributed by atoms with Crippen molar-refractivity contribution in [3.05, 3.63) is 47.5 Å². The molecule has 0 amide bonds. The molecule has 2 aliphatic carbocycles. The number of nitrogens with zero attached hydrogens (tertiary/aromatic N) is 1. The number of hydrogen-bond acceptors (Lipinski definition) is 3. The lowest BCUT2D eigenvalue weighted by molar-refractivity contribution is -0.0520. The lowest BCUT2D eigenvalue weighted by Crippen LogP contribution is -2.26. The molecule has 2 aliphatic rings. The largest absolute Gasteiger partial charge is 0.436 e. The second-order valence-corrected chi connectivity index (χ2v) is 10.5. The van der Waals surface area contributed by atoms with E-state index >= 15 is 8.78 Å². The first-order valence-corrected chi connectivity index (χ1v) is 13.3. The summed E-state index contributed by atoms with van der Waals surface area (Å²) in [5, 5.41) is 0. The Morgan fingerprint density at radius 2 is 1.64 bits per heavy atom. The highest BCUT2D eigenvalue weighted by Gasteiger charge is 2.35. The maximum absolute atomic E-state index is 15.7. The molecule has 3 aromatic rings. The molecule has 194 valence electrons. The third-order valence-electron chi connectivity index (χ3n) is 8.38. The van der Waals surface area contributed by atoms with Gasteiger partial charge in [0.05, 0.1) is 5.56 Å². The first-order valence-electron chi connectivity index (χ1n) is 13.3. The van der Waals surface area contributed by atoms with E-state index in [1.54, 1.807) is 24.3 Å². The molecule has 36 heavy (non-hydrogen) atoms. The average molecular weight is 504 g/mol. The maximum atomic E-state index is 15.7. The van der Waals surface area contributed by atoms with E-state index < -0.39 is 24.0 Å².